The van der Waals surface area contributed by atoms with Gasteiger partial charge in [-0.05, 0) is 92.7 Å². The lowest BCUT2D eigenvalue weighted by molar-refractivity contribution is 0.0569. The summed E-state index contributed by atoms with van der Waals surface area (Å²) in [6, 6.07) is 27.5. The van der Waals surface area contributed by atoms with Crippen LogP contribution in [0.25, 0.3) is 11.1 Å². The number of benzene rings is 3. The topological polar surface area (TPSA) is 106 Å². The van der Waals surface area contributed by atoms with Gasteiger partial charge >= 0.3 is 16.3 Å². The summed E-state index contributed by atoms with van der Waals surface area (Å²) >= 11 is 0. The molecule has 1 aliphatic rings. The zero-order chi connectivity index (χ0) is 30.2. The Labute approximate surface area is 250 Å². The van der Waals surface area contributed by atoms with E-state index in [4.69, 9.17) is 9.47 Å². The van der Waals surface area contributed by atoms with Crippen molar-refractivity contribution in [1.29, 1.82) is 0 Å². The van der Waals surface area contributed by atoms with Crippen LogP contribution in [0.5, 0.6) is 5.75 Å². The molecule has 0 saturated heterocycles. The van der Waals surface area contributed by atoms with E-state index >= 15 is 0 Å². The Kier molecular flexibility index (Phi) is 10.3. The summed E-state index contributed by atoms with van der Waals surface area (Å²) in [6.07, 6.45) is 3.30. The van der Waals surface area contributed by atoms with Crippen LogP contribution in [0, 0.1) is 0 Å². The highest BCUT2D eigenvalue weighted by atomic mass is 32.2. The van der Waals surface area contributed by atoms with Crippen LogP contribution in [0.3, 0.4) is 0 Å². The minimum absolute atomic E-state index is 0.182. The lowest BCUT2D eigenvalue weighted by Crippen LogP contribution is -2.45. The molecule has 0 radical (unpaired) electrons. The molecule has 1 aliphatic carbocycles. The summed E-state index contributed by atoms with van der Waals surface area (Å²) in [5, 5.41) is 3.73. The Balaban J connectivity index is 1.36. The highest BCUT2D eigenvalue weighted by molar-refractivity contribution is 7.88. The van der Waals surface area contributed by atoms with Crippen LogP contribution in [-0.2, 0) is 26.9 Å². The van der Waals surface area contributed by atoms with Gasteiger partial charge in [-0.15, -0.1) is 0 Å². The molecule has 1 amide bonds. The van der Waals surface area contributed by atoms with Gasteiger partial charge in [0.2, 0.25) is 0 Å². The monoisotopic (exact) mass is 593 g/mol. The van der Waals surface area contributed by atoms with Crippen molar-refractivity contribution in [2.45, 2.75) is 76.5 Å². The van der Waals surface area contributed by atoms with E-state index in [0.29, 0.717) is 12.5 Å². The molecule has 3 aromatic rings. The Morgan fingerprint density at radius 2 is 1.60 bits per heavy atom. The van der Waals surface area contributed by atoms with Gasteiger partial charge in [-0.3, -0.25) is 0 Å². The predicted octanol–water partition coefficient (Wildman–Crippen LogP) is 6.08. The zero-order valence-corrected chi connectivity index (χ0v) is 25.8. The molecule has 0 atom stereocenters. The van der Waals surface area contributed by atoms with Gasteiger partial charge in [-0.1, -0.05) is 66.7 Å². The van der Waals surface area contributed by atoms with Crippen LogP contribution in [0.15, 0.2) is 78.9 Å². The summed E-state index contributed by atoms with van der Waals surface area (Å²) in [4.78, 5) is 12.0. The number of methoxy groups -OCH3 is 1. The predicted molar refractivity (Wildman–Crippen MR) is 167 cm³/mol. The molecule has 0 heterocycles. The number of amides is 1. The minimum atomic E-state index is -4.06. The maximum Gasteiger partial charge on any atom is 0.422 e. The third-order valence-corrected chi connectivity index (χ3v) is 8.81. The van der Waals surface area contributed by atoms with Crippen LogP contribution < -0.4 is 19.5 Å². The molecule has 1 saturated carbocycles. The molecule has 3 N–H and O–H groups in total. The summed E-state index contributed by atoms with van der Waals surface area (Å²) in [5.41, 5.74) is 3.77. The van der Waals surface area contributed by atoms with Gasteiger partial charge < -0.3 is 14.8 Å². The van der Waals surface area contributed by atoms with E-state index in [9.17, 15) is 13.2 Å². The first-order valence-corrected chi connectivity index (χ1v) is 16.0. The molecule has 0 aliphatic heterocycles. The molecule has 8 nitrogen and oxygen atoms in total. The van der Waals surface area contributed by atoms with Crippen molar-refractivity contribution in [3.05, 3.63) is 90.0 Å². The van der Waals surface area contributed by atoms with Crippen molar-refractivity contribution in [1.82, 2.24) is 14.8 Å². The summed E-state index contributed by atoms with van der Waals surface area (Å²) < 4.78 is 40.1. The van der Waals surface area contributed by atoms with Crippen LogP contribution in [-0.4, -0.2) is 39.8 Å². The molecule has 42 heavy (non-hydrogen) atoms. The van der Waals surface area contributed by atoms with Gasteiger partial charge in [-0.2, -0.15) is 13.1 Å². The summed E-state index contributed by atoms with van der Waals surface area (Å²) in [7, 11) is -2.41. The third-order valence-electron chi connectivity index (χ3n) is 7.79. The molecule has 0 unspecified atom stereocenters. The SMILES string of the molecule is COc1cccc(C2(CCNS(=O)(=O)NC(=O)OC(C)(C)C)CCC(NCc3ccc(-c4ccccc4)cc3)CC2)c1. The highest BCUT2D eigenvalue weighted by Crippen LogP contribution is 2.43. The molecule has 1 fully saturated rings. The molecular formula is C33H43N3O5S. The largest absolute Gasteiger partial charge is 0.497 e. The molecule has 0 spiro atoms. The van der Waals surface area contributed by atoms with Crippen molar-refractivity contribution >= 4 is 16.3 Å². The minimum Gasteiger partial charge on any atom is -0.497 e. The van der Waals surface area contributed by atoms with E-state index in [1.807, 2.05) is 22.9 Å². The second kappa shape index (κ2) is 13.7. The number of nitrogens with one attached hydrogen (secondary N) is 3. The van der Waals surface area contributed by atoms with Crippen LogP contribution in [0.2, 0.25) is 0 Å². The fraction of sp³-hybridized carbons (Fsp3) is 0.424. The van der Waals surface area contributed by atoms with E-state index in [-0.39, 0.29) is 12.0 Å². The fourth-order valence-corrected chi connectivity index (χ4v) is 6.29. The Bertz CT molecular complexity index is 1410. The quantitative estimate of drug-likeness (QED) is 0.249. The fourth-order valence-electron chi connectivity index (χ4n) is 5.59. The van der Waals surface area contributed by atoms with E-state index in [0.717, 1.165) is 43.5 Å². The highest BCUT2D eigenvalue weighted by Gasteiger charge is 2.37. The Morgan fingerprint density at radius 3 is 2.24 bits per heavy atom. The molecule has 3 aromatic carbocycles. The van der Waals surface area contributed by atoms with E-state index in [2.05, 4.69) is 70.7 Å². The number of carbonyl (C=O) groups excluding carboxylic acids is 1. The number of hydrogen-bond donors (Lipinski definition) is 3. The summed E-state index contributed by atoms with van der Waals surface area (Å²) in [6.45, 7) is 6.01. The van der Waals surface area contributed by atoms with Crippen molar-refractivity contribution < 1.29 is 22.7 Å². The van der Waals surface area contributed by atoms with Gasteiger partial charge in [0.25, 0.3) is 0 Å². The molecule has 0 aromatic heterocycles. The normalized spacial score (nSPS) is 19.2. The van der Waals surface area contributed by atoms with E-state index in [1.165, 1.54) is 16.7 Å². The average molecular weight is 594 g/mol. The van der Waals surface area contributed by atoms with Crippen LogP contribution in [0.4, 0.5) is 4.79 Å². The number of ether oxygens (including phenoxy) is 2. The molecule has 0 bridgehead atoms. The maximum atomic E-state index is 12.5. The number of carbonyl (C=O) groups is 1. The Morgan fingerprint density at radius 1 is 0.929 bits per heavy atom. The van der Waals surface area contributed by atoms with Gasteiger partial charge in [0.15, 0.2) is 0 Å². The number of rotatable bonds is 11. The first-order valence-electron chi connectivity index (χ1n) is 14.5. The third kappa shape index (κ3) is 9.05. The molecule has 4 rings (SSSR count). The molecule has 226 valence electrons. The molecular weight excluding hydrogens is 550 g/mol. The van der Waals surface area contributed by atoms with Crippen molar-refractivity contribution in [3.63, 3.8) is 0 Å². The van der Waals surface area contributed by atoms with Crippen LogP contribution in [0.1, 0.15) is 64.0 Å². The van der Waals surface area contributed by atoms with Gasteiger partial charge in [0.05, 0.1) is 7.11 Å². The van der Waals surface area contributed by atoms with Gasteiger partial charge in [0.1, 0.15) is 11.4 Å². The van der Waals surface area contributed by atoms with Crippen molar-refractivity contribution in [2.75, 3.05) is 13.7 Å². The van der Waals surface area contributed by atoms with Crippen molar-refractivity contribution in [3.8, 4) is 16.9 Å². The standard InChI is InChI=1S/C33H43N3O5S/c1-32(2,3)41-31(37)36-42(38,39)35-22-21-33(28-11-8-12-30(23-28)40-4)19-17-29(18-20-33)34-24-25-13-15-27(16-14-25)26-9-6-5-7-10-26/h5-16,23,29,34-35H,17-22,24H2,1-4H3,(H,36,37). The van der Waals surface area contributed by atoms with Gasteiger partial charge in [0, 0.05) is 19.1 Å². The first kappa shape index (κ1) is 31.5. The second-order valence-electron chi connectivity index (χ2n) is 12.0. The lowest BCUT2D eigenvalue weighted by Gasteiger charge is -2.41. The lowest BCUT2D eigenvalue weighted by atomic mass is 9.66. The van der Waals surface area contributed by atoms with Crippen LogP contribution >= 0.6 is 0 Å². The van der Waals surface area contributed by atoms with E-state index in [1.54, 1.807) is 27.9 Å². The zero-order valence-electron chi connectivity index (χ0n) is 25.0. The molecule has 9 heteroatoms. The number of hydrogen-bond acceptors (Lipinski definition) is 6. The maximum absolute atomic E-state index is 12.5. The average Bonchev–Trinajstić information content (AvgIpc) is 2.96. The smallest absolute Gasteiger partial charge is 0.422 e. The van der Waals surface area contributed by atoms with E-state index < -0.39 is 21.9 Å². The second-order valence-corrected chi connectivity index (χ2v) is 13.5. The first-order chi connectivity index (χ1) is 20.0. The van der Waals surface area contributed by atoms with Gasteiger partial charge in [-0.25, -0.2) is 9.52 Å². The summed E-state index contributed by atoms with van der Waals surface area (Å²) in [5.74, 6) is 0.776. The van der Waals surface area contributed by atoms with Crippen molar-refractivity contribution in [2.24, 2.45) is 0 Å². The Hall–Kier alpha value is -3.40.